The van der Waals surface area contributed by atoms with Crippen molar-refractivity contribution in [2.45, 2.75) is 26.7 Å². The van der Waals surface area contributed by atoms with E-state index in [4.69, 9.17) is 5.73 Å². The molecular formula is C8H16N4OS. The van der Waals surface area contributed by atoms with Crippen LogP contribution in [-0.2, 0) is 4.79 Å². The summed E-state index contributed by atoms with van der Waals surface area (Å²) in [5.74, 6) is -0.0437. The van der Waals surface area contributed by atoms with Crippen molar-refractivity contribution in [2.75, 3.05) is 6.54 Å². The van der Waals surface area contributed by atoms with Gasteiger partial charge in [-0.25, -0.2) is 0 Å². The summed E-state index contributed by atoms with van der Waals surface area (Å²) in [6.07, 6.45) is 1.18. The fourth-order valence-electron chi connectivity index (χ4n) is 0.749. The van der Waals surface area contributed by atoms with Crippen molar-refractivity contribution in [1.82, 2.24) is 10.7 Å². The number of nitrogens with one attached hydrogen (secondary N) is 2. The Balaban J connectivity index is 3.80. The Morgan fingerprint density at radius 1 is 1.57 bits per heavy atom. The zero-order valence-corrected chi connectivity index (χ0v) is 9.28. The molecule has 0 aromatic heterocycles. The number of nitrogens with two attached hydrogens (primary N) is 1. The smallest absolute Gasteiger partial charge is 0.225 e. The average molecular weight is 216 g/mol. The van der Waals surface area contributed by atoms with E-state index in [2.05, 4.69) is 28.1 Å². The first-order valence-corrected chi connectivity index (χ1v) is 4.82. The first-order valence-electron chi connectivity index (χ1n) is 4.41. The van der Waals surface area contributed by atoms with Crippen LogP contribution in [0, 0.1) is 0 Å². The monoisotopic (exact) mass is 216 g/mol. The third kappa shape index (κ3) is 7.48. The molecular weight excluding hydrogens is 200 g/mol. The van der Waals surface area contributed by atoms with E-state index in [-0.39, 0.29) is 17.4 Å². The van der Waals surface area contributed by atoms with Gasteiger partial charge in [-0.2, -0.15) is 5.10 Å². The normalized spacial score (nSPS) is 10.9. The molecule has 0 aromatic carbocycles. The maximum absolute atomic E-state index is 11.2. The highest BCUT2D eigenvalue weighted by molar-refractivity contribution is 7.80. The van der Waals surface area contributed by atoms with E-state index < -0.39 is 0 Å². The Morgan fingerprint density at radius 3 is 2.71 bits per heavy atom. The summed E-state index contributed by atoms with van der Waals surface area (Å²) in [4.78, 5) is 11.2. The largest absolute Gasteiger partial charge is 0.375 e. The van der Waals surface area contributed by atoms with Crippen molar-refractivity contribution >= 4 is 28.9 Å². The predicted molar refractivity (Wildman–Crippen MR) is 60.9 cm³/mol. The van der Waals surface area contributed by atoms with Gasteiger partial charge in [0.1, 0.15) is 0 Å². The van der Waals surface area contributed by atoms with E-state index in [0.29, 0.717) is 12.3 Å². The van der Waals surface area contributed by atoms with E-state index in [1.165, 1.54) is 0 Å². The molecule has 14 heavy (non-hydrogen) atoms. The molecule has 0 atom stereocenters. The van der Waals surface area contributed by atoms with Gasteiger partial charge in [0.25, 0.3) is 0 Å². The van der Waals surface area contributed by atoms with Crippen LogP contribution in [0.4, 0.5) is 0 Å². The Kier molecular flexibility index (Phi) is 6.65. The number of rotatable bonds is 5. The number of amides is 1. The molecule has 0 aliphatic rings. The van der Waals surface area contributed by atoms with E-state index >= 15 is 0 Å². The average Bonchev–Trinajstić information content (AvgIpc) is 2.11. The van der Waals surface area contributed by atoms with Crippen LogP contribution >= 0.6 is 12.2 Å². The molecule has 0 heterocycles. The molecule has 0 fully saturated rings. The molecule has 0 aliphatic heterocycles. The van der Waals surface area contributed by atoms with Crippen molar-refractivity contribution in [3.05, 3.63) is 0 Å². The summed E-state index contributed by atoms with van der Waals surface area (Å²) in [5.41, 5.74) is 8.23. The minimum atomic E-state index is -0.0437. The van der Waals surface area contributed by atoms with Crippen LogP contribution in [0.15, 0.2) is 5.10 Å². The highest BCUT2D eigenvalue weighted by Gasteiger charge is 2.01. The fourth-order valence-corrected chi connectivity index (χ4v) is 0.795. The lowest BCUT2D eigenvalue weighted by Crippen LogP contribution is -2.28. The quantitative estimate of drug-likeness (QED) is 0.346. The van der Waals surface area contributed by atoms with Crippen LogP contribution in [-0.4, -0.2) is 23.3 Å². The topological polar surface area (TPSA) is 79.5 Å². The molecule has 80 valence electrons. The van der Waals surface area contributed by atoms with Gasteiger partial charge in [-0.15, -0.1) is 0 Å². The van der Waals surface area contributed by atoms with Crippen molar-refractivity contribution in [3.63, 3.8) is 0 Å². The van der Waals surface area contributed by atoms with Gasteiger partial charge in [-0.05, 0) is 25.6 Å². The van der Waals surface area contributed by atoms with Crippen LogP contribution in [0.5, 0.6) is 0 Å². The van der Waals surface area contributed by atoms with Gasteiger partial charge in [0, 0.05) is 12.3 Å². The van der Waals surface area contributed by atoms with Gasteiger partial charge in [-0.3, -0.25) is 10.2 Å². The van der Waals surface area contributed by atoms with Crippen molar-refractivity contribution in [2.24, 2.45) is 10.8 Å². The first kappa shape index (κ1) is 12.8. The Hall–Kier alpha value is -1.17. The molecule has 5 nitrogen and oxygen atoms in total. The number of carbonyl (C=O) groups is 1. The fraction of sp³-hybridized carbons (Fsp3) is 0.625. The molecule has 1 amide bonds. The SMILES string of the molecule is CCCNC(=O)C/C(C)=N/NC(N)=S. The van der Waals surface area contributed by atoms with Gasteiger partial charge >= 0.3 is 0 Å². The molecule has 0 rings (SSSR count). The summed E-state index contributed by atoms with van der Waals surface area (Å²) in [6.45, 7) is 4.42. The van der Waals surface area contributed by atoms with Crippen LogP contribution in [0.1, 0.15) is 26.7 Å². The van der Waals surface area contributed by atoms with Gasteiger partial charge in [0.2, 0.25) is 5.91 Å². The van der Waals surface area contributed by atoms with E-state index in [1.54, 1.807) is 6.92 Å². The van der Waals surface area contributed by atoms with Crippen LogP contribution in [0.25, 0.3) is 0 Å². The Bertz CT molecular complexity index is 239. The Labute approximate surface area is 89.1 Å². The molecule has 0 saturated carbocycles. The van der Waals surface area contributed by atoms with Crippen LogP contribution in [0.3, 0.4) is 0 Å². The summed E-state index contributed by atoms with van der Waals surface area (Å²) in [7, 11) is 0. The predicted octanol–water partition coefficient (Wildman–Crippen LogP) is 0.112. The molecule has 0 unspecified atom stereocenters. The third-order valence-corrected chi connectivity index (χ3v) is 1.44. The van der Waals surface area contributed by atoms with Crippen molar-refractivity contribution < 1.29 is 4.79 Å². The van der Waals surface area contributed by atoms with Crippen LogP contribution < -0.4 is 16.5 Å². The highest BCUT2D eigenvalue weighted by Crippen LogP contribution is 1.85. The zero-order chi connectivity index (χ0) is 11.0. The molecule has 0 spiro atoms. The summed E-state index contributed by atoms with van der Waals surface area (Å²) >= 11 is 4.56. The van der Waals surface area contributed by atoms with Gasteiger partial charge in [-0.1, -0.05) is 6.92 Å². The molecule has 0 bridgehead atoms. The van der Waals surface area contributed by atoms with Crippen LogP contribution in [0.2, 0.25) is 0 Å². The number of thiocarbonyl (C=S) groups is 1. The van der Waals surface area contributed by atoms with E-state index in [0.717, 1.165) is 6.42 Å². The number of nitrogens with zero attached hydrogens (tertiary/aromatic N) is 1. The number of hydrogen-bond acceptors (Lipinski definition) is 3. The first-order chi connectivity index (χ1) is 6.56. The minimum Gasteiger partial charge on any atom is -0.375 e. The standard InChI is InChI=1S/C8H16N4OS/c1-3-4-10-7(13)5-6(2)11-12-8(9)14/h3-5H2,1-2H3,(H,10,13)(H3,9,12,14)/b11-6+. The second kappa shape index (κ2) is 7.25. The molecule has 0 aliphatic carbocycles. The van der Waals surface area contributed by atoms with Crippen molar-refractivity contribution in [1.29, 1.82) is 0 Å². The number of hydrogen-bond donors (Lipinski definition) is 3. The molecule has 6 heteroatoms. The Morgan fingerprint density at radius 2 is 2.21 bits per heavy atom. The second-order valence-electron chi connectivity index (χ2n) is 2.85. The number of carbonyl (C=O) groups excluding carboxylic acids is 1. The lowest BCUT2D eigenvalue weighted by molar-refractivity contribution is -0.119. The molecule has 0 radical (unpaired) electrons. The van der Waals surface area contributed by atoms with Gasteiger partial charge < -0.3 is 11.1 Å². The zero-order valence-electron chi connectivity index (χ0n) is 8.46. The maximum Gasteiger partial charge on any atom is 0.225 e. The summed E-state index contributed by atoms with van der Waals surface area (Å²) in [6, 6.07) is 0. The summed E-state index contributed by atoms with van der Waals surface area (Å²) < 4.78 is 0. The lowest BCUT2D eigenvalue weighted by Gasteiger charge is -2.03. The minimum absolute atomic E-state index is 0.0437. The lowest BCUT2D eigenvalue weighted by atomic mass is 10.3. The number of hydrazone groups is 1. The molecule has 0 saturated heterocycles. The molecule has 4 N–H and O–H groups in total. The van der Waals surface area contributed by atoms with Gasteiger partial charge in [0.05, 0.1) is 6.42 Å². The maximum atomic E-state index is 11.2. The van der Waals surface area contributed by atoms with E-state index in [9.17, 15) is 4.79 Å². The molecule has 0 aromatic rings. The van der Waals surface area contributed by atoms with Gasteiger partial charge in [0.15, 0.2) is 5.11 Å². The second-order valence-corrected chi connectivity index (χ2v) is 3.29. The van der Waals surface area contributed by atoms with Crippen molar-refractivity contribution in [3.8, 4) is 0 Å². The van der Waals surface area contributed by atoms with E-state index in [1.807, 2.05) is 6.92 Å². The summed E-state index contributed by atoms with van der Waals surface area (Å²) in [5, 5.41) is 6.65. The third-order valence-electron chi connectivity index (χ3n) is 1.35. The highest BCUT2D eigenvalue weighted by atomic mass is 32.1.